The molecule has 30 heavy (non-hydrogen) atoms. The van der Waals surface area contributed by atoms with Crippen molar-refractivity contribution in [1.82, 2.24) is 0 Å². The highest BCUT2D eigenvalue weighted by Gasteiger charge is 2.17. The Balaban J connectivity index is 1.97. The molecule has 158 valence electrons. The smallest absolute Gasteiger partial charge is 0.120 e. The van der Waals surface area contributed by atoms with E-state index in [1.807, 2.05) is 0 Å². The summed E-state index contributed by atoms with van der Waals surface area (Å²) in [5.41, 5.74) is 14.6. The Bertz CT molecular complexity index is 998. The number of aryl methyl sites for hydroxylation is 2. The van der Waals surface area contributed by atoms with Crippen LogP contribution in [-0.4, -0.2) is 13.2 Å². The Morgan fingerprint density at radius 3 is 2.17 bits per heavy atom. The Hall–Kier alpha value is -2.58. The van der Waals surface area contributed by atoms with Crippen LogP contribution in [0.2, 0.25) is 0 Å². The molecule has 3 aromatic carbocycles. The van der Waals surface area contributed by atoms with Gasteiger partial charge in [-0.15, -0.1) is 0 Å². The van der Waals surface area contributed by atoms with Crippen molar-refractivity contribution < 1.29 is 4.74 Å². The van der Waals surface area contributed by atoms with E-state index < -0.39 is 0 Å². The topological polar surface area (TPSA) is 35.2 Å². The maximum Gasteiger partial charge on any atom is 0.120 e. The molecule has 0 aliphatic heterocycles. The van der Waals surface area contributed by atoms with E-state index in [2.05, 4.69) is 95.3 Å². The molecule has 0 aliphatic rings. The average Bonchev–Trinajstić information content (AvgIpc) is 2.71. The van der Waals surface area contributed by atoms with Crippen molar-refractivity contribution >= 4 is 0 Å². The monoisotopic (exact) mass is 401 g/mol. The number of ether oxygens (including phenoxy) is 1. The molecule has 0 fully saturated rings. The van der Waals surface area contributed by atoms with Crippen LogP contribution in [0.1, 0.15) is 50.3 Å². The number of hydrogen-bond donors (Lipinski definition) is 1. The Labute approximate surface area is 182 Å². The van der Waals surface area contributed by atoms with Crippen LogP contribution < -0.4 is 10.5 Å². The highest BCUT2D eigenvalue weighted by molar-refractivity contribution is 5.76. The van der Waals surface area contributed by atoms with Crippen molar-refractivity contribution in [1.29, 1.82) is 0 Å². The molecule has 0 heterocycles. The predicted octanol–water partition coefficient (Wildman–Crippen LogP) is 7.05. The molecule has 0 aromatic heterocycles. The molecule has 0 atom stereocenters. The summed E-state index contributed by atoms with van der Waals surface area (Å²) in [6, 6.07) is 22.0. The molecule has 0 amide bonds. The molecule has 2 N–H and O–H groups in total. The zero-order valence-corrected chi connectivity index (χ0v) is 19.1. The van der Waals surface area contributed by atoms with Gasteiger partial charge in [-0.2, -0.15) is 0 Å². The van der Waals surface area contributed by atoms with Gasteiger partial charge in [0.2, 0.25) is 0 Å². The molecule has 0 aliphatic carbocycles. The van der Waals surface area contributed by atoms with Crippen LogP contribution in [0.4, 0.5) is 0 Å². The molecule has 0 unspecified atom stereocenters. The standard InChI is InChI=1S/C28H35NO/c1-20-10-6-7-11-26(20)27-13-12-22(16-21(27)2)23-17-24(28(3,4)5)19-25(18-23)30-15-9-8-14-29/h6-7,10-13,16-19H,8-9,14-15,29H2,1-5H3. The van der Waals surface area contributed by atoms with Gasteiger partial charge in [0.15, 0.2) is 0 Å². The molecular weight excluding hydrogens is 366 g/mol. The second-order valence-electron chi connectivity index (χ2n) is 9.18. The van der Waals surface area contributed by atoms with Crippen molar-refractivity contribution in [2.45, 2.75) is 52.9 Å². The van der Waals surface area contributed by atoms with Crippen molar-refractivity contribution in [3.05, 3.63) is 77.4 Å². The summed E-state index contributed by atoms with van der Waals surface area (Å²) in [7, 11) is 0. The van der Waals surface area contributed by atoms with E-state index in [4.69, 9.17) is 10.5 Å². The highest BCUT2D eigenvalue weighted by Crippen LogP contribution is 2.35. The number of benzene rings is 3. The van der Waals surface area contributed by atoms with E-state index >= 15 is 0 Å². The zero-order chi connectivity index (χ0) is 21.7. The van der Waals surface area contributed by atoms with Crippen molar-refractivity contribution in [3.8, 4) is 28.0 Å². The second kappa shape index (κ2) is 9.49. The maximum absolute atomic E-state index is 6.09. The lowest BCUT2D eigenvalue weighted by molar-refractivity contribution is 0.307. The molecule has 3 rings (SSSR count). The van der Waals surface area contributed by atoms with Gasteiger partial charge < -0.3 is 10.5 Å². The Kier molecular flexibility index (Phi) is 6.99. The minimum absolute atomic E-state index is 0.0571. The first kappa shape index (κ1) is 22.1. The third kappa shape index (κ3) is 5.31. The SMILES string of the molecule is Cc1ccccc1-c1ccc(-c2cc(OCCCCN)cc(C(C)(C)C)c2)cc1C. The van der Waals surface area contributed by atoms with E-state index in [1.54, 1.807) is 0 Å². The fourth-order valence-electron chi connectivity index (χ4n) is 3.74. The minimum Gasteiger partial charge on any atom is -0.494 e. The molecule has 0 saturated carbocycles. The maximum atomic E-state index is 6.09. The lowest BCUT2D eigenvalue weighted by Gasteiger charge is -2.22. The van der Waals surface area contributed by atoms with Gasteiger partial charge in [0.1, 0.15) is 5.75 Å². The van der Waals surface area contributed by atoms with Crippen LogP contribution in [0.25, 0.3) is 22.3 Å². The molecule has 2 heteroatoms. The van der Waals surface area contributed by atoms with Crippen LogP contribution in [-0.2, 0) is 5.41 Å². The summed E-state index contributed by atoms with van der Waals surface area (Å²) in [5, 5.41) is 0. The third-order valence-corrected chi connectivity index (χ3v) is 5.63. The number of nitrogens with two attached hydrogens (primary N) is 1. The quantitative estimate of drug-likeness (QED) is 0.430. The van der Waals surface area contributed by atoms with Crippen molar-refractivity contribution in [2.24, 2.45) is 5.73 Å². The van der Waals surface area contributed by atoms with Gasteiger partial charge in [0.25, 0.3) is 0 Å². The van der Waals surface area contributed by atoms with Gasteiger partial charge in [-0.05, 0) is 89.7 Å². The lowest BCUT2D eigenvalue weighted by Crippen LogP contribution is -2.12. The lowest BCUT2D eigenvalue weighted by atomic mass is 9.84. The summed E-state index contributed by atoms with van der Waals surface area (Å²) in [6.07, 6.45) is 1.97. The van der Waals surface area contributed by atoms with Gasteiger partial charge in [-0.25, -0.2) is 0 Å². The second-order valence-corrected chi connectivity index (χ2v) is 9.18. The van der Waals surface area contributed by atoms with Crippen LogP contribution in [0.15, 0.2) is 60.7 Å². The van der Waals surface area contributed by atoms with E-state index in [9.17, 15) is 0 Å². The molecule has 0 bridgehead atoms. The summed E-state index contributed by atoms with van der Waals surface area (Å²) in [6.45, 7) is 12.5. The molecule has 0 radical (unpaired) electrons. The Morgan fingerprint density at radius 1 is 0.767 bits per heavy atom. The molecule has 0 saturated heterocycles. The van der Waals surface area contributed by atoms with E-state index in [-0.39, 0.29) is 5.41 Å². The number of rotatable bonds is 7. The Morgan fingerprint density at radius 2 is 1.50 bits per heavy atom. The minimum atomic E-state index is 0.0571. The predicted molar refractivity (Wildman–Crippen MR) is 129 cm³/mol. The van der Waals surface area contributed by atoms with Crippen LogP contribution in [0, 0.1) is 13.8 Å². The van der Waals surface area contributed by atoms with E-state index in [1.165, 1.54) is 38.9 Å². The first-order valence-corrected chi connectivity index (χ1v) is 10.9. The number of hydrogen-bond acceptors (Lipinski definition) is 2. The summed E-state index contributed by atoms with van der Waals surface area (Å²) in [5.74, 6) is 0.940. The fourth-order valence-corrected chi connectivity index (χ4v) is 3.74. The van der Waals surface area contributed by atoms with Crippen LogP contribution in [0.5, 0.6) is 5.75 Å². The molecule has 3 aromatic rings. The average molecular weight is 402 g/mol. The van der Waals surface area contributed by atoms with Gasteiger partial charge in [0, 0.05) is 0 Å². The largest absolute Gasteiger partial charge is 0.494 e. The van der Waals surface area contributed by atoms with Crippen LogP contribution >= 0.6 is 0 Å². The molecular formula is C28H35NO. The molecule has 0 spiro atoms. The van der Waals surface area contributed by atoms with Crippen molar-refractivity contribution in [2.75, 3.05) is 13.2 Å². The van der Waals surface area contributed by atoms with E-state index in [0.717, 1.165) is 18.6 Å². The van der Waals surface area contributed by atoms with Gasteiger partial charge in [-0.1, -0.05) is 69.3 Å². The van der Waals surface area contributed by atoms with Gasteiger partial charge in [0.05, 0.1) is 6.61 Å². The first-order valence-electron chi connectivity index (χ1n) is 10.9. The third-order valence-electron chi connectivity index (χ3n) is 5.63. The fraction of sp³-hybridized carbons (Fsp3) is 0.357. The summed E-state index contributed by atoms with van der Waals surface area (Å²) < 4.78 is 6.09. The first-order chi connectivity index (χ1) is 14.3. The normalized spacial score (nSPS) is 11.5. The zero-order valence-electron chi connectivity index (χ0n) is 19.1. The summed E-state index contributed by atoms with van der Waals surface area (Å²) in [4.78, 5) is 0. The highest BCUT2D eigenvalue weighted by atomic mass is 16.5. The van der Waals surface area contributed by atoms with Crippen molar-refractivity contribution in [3.63, 3.8) is 0 Å². The van der Waals surface area contributed by atoms with Gasteiger partial charge >= 0.3 is 0 Å². The number of unbranched alkanes of at least 4 members (excludes halogenated alkanes) is 1. The molecule has 2 nitrogen and oxygen atoms in total. The summed E-state index contributed by atoms with van der Waals surface area (Å²) >= 11 is 0. The van der Waals surface area contributed by atoms with Crippen LogP contribution in [0.3, 0.4) is 0 Å². The van der Waals surface area contributed by atoms with Gasteiger partial charge in [-0.3, -0.25) is 0 Å². The van der Waals surface area contributed by atoms with E-state index in [0.29, 0.717) is 13.2 Å².